The summed E-state index contributed by atoms with van der Waals surface area (Å²) in [5.41, 5.74) is 1.38. The van der Waals surface area contributed by atoms with E-state index in [9.17, 15) is 0 Å². The second-order valence-electron chi connectivity index (χ2n) is 4.98. The molecule has 0 aromatic carbocycles. The lowest BCUT2D eigenvalue weighted by Gasteiger charge is -2.33. The molecule has 0 aliphatic heterocycles. The highest BCUT2D eigenvalue weighted by Crippen LogP contribution is 2.26. The van der Waals surface area contributed by atoms with Crippen LogP contribution >= 0.6 is 0 Å². The monoisotopic (exact) mass is 213 g/mol. The molecule has 0 amide bonds. The first kappa shape index (κ1) is 13.9. The van der Waals surface area contributed by atoms with Gasteiger partial charge >= 0.3 is 0 Å². The largest absolute Gasteiger partial charge is 0.312 e. The van der Waals surface area contributed by atoms with Crippen LogP contribution in [0.25, 0.3) is 0 Å². The van der Waals surface area contributed by atoms with Crippen molar-refractivity contribution in [1.29, 1.82) is 0 Å². The van der Waals surface area contributed by atoms with Gasteiger partial charge in [-0.1, -0.05) is 37.9 Å². The van der Waals surface area contributed by atoms with Gasteiger partial charge in [0.05, 0.1) is 8.07 Å². The Balaban J connectivity index is 4.50. The molecule has 0 rings (SSSR count). The normalized spacial score (nSPS) is 15.6. The third-order valence-electron chi connectivity index (χ3n) is 2.86. The van der Waals surface area contributed by atoms with Crippen LogP contribution in [0.2, 0.25) is 18.1 Å². The summed E-state index contributed by atoms with van der Waals surface area (Å²) in [4.78, 5) is 2.37. The highest BCUT2D eigenvalue weighted by atomic mass is 28.3. The van der Waals surface area contributed by atoms with Gasteiger partial charge in [-0.15, -0.1) is 6.58 Å². The number of hydrogen-bond acceptors (Lipinski definition) is 1. The van der Waals surface area contributed by atoms with E-state index in [4.69, 9.17) is 0 Å². The Labute approximate surface area is 91.2 Å². The molecular formula is C12H27NSi. The summed E-state index contributed by atoms with van der Waals surface area (Å²) in [6.07, 6.45) is 2.66. The van der Waals surface area contributed by atoms with Gasteiger partial charge in [0.2, 0.25) is 0 Å². The minimum Gasteiger partial charge on any atom is -0.312 e. The number of rotatable bonds is 7. The van der Waals surface area contributed by atoms with E-state index in [1.54, 1.807) is 0 Å². The number of allylic oxidation sites excluding steroid dienone is 1. The van der Waals surface area contributed by atoms with Gasteiger partial charge < -0.3 is 4.90 Å². The van der Waals surface area contributed by atoms with Gasteiger partial charge in [0.15, 0.2) is 0 Å². The van der Waals surface area contributed by atoms with Gasteiger partial charge in [-0.25, -0.2) is 0 Å². The van der Waals surface area contributed by atoms with Crippen LogP contribution in [-0.4, -0.2) is 33.2 Å². The maximum atomic E-state index is 4.09. The van der Waals surface area contributed by atoms with Crippen molar-refractivity contribution in [2.24, 2.45) is 0 Å². The van der Waals surface area contributed by atoms with Crippen molar-refractivity contribution in [3.8, 4) is 0 Å². The molecule has 0 spiro atoms. The second-order valence-corrected chi connectivity index (χ2v) is 9.85. The van der Waals surface area contributed by atoms with Gasteiger partial charge in [0, 0.05) is 0 Å². The van der Waals surface area contributed by atoms with Crippen LogP contribution in [0.1, 0.15) is 27.2 Å². The summed E-state index contributed by atoms with van der Waals surface area (Å²) in [6.45, 7) is 11.0. The predicted molar refractivity (Wildman–Crippen MR) is 69.5 cm³/mol. The second kappa shape index (κ2) is 6.41. The van der Waals surface area contributed by atoms with Crippen molar-refractivity contribution >= 4 is 8.07 Å². The summed E-state index contributed by atoms with van der Waals surface area (Å²) in [5, 5.41) is 0. The van der Waals surface area contributed by atoms with Crippen LogP contribution in [-0.2, 0) is 0 Å². The molecule has 0 heterocycles. The zero-order valence-corrected chi connectivity index (χ0v) is 11.7. The van der Waals surface area contributed by atoms with Crippen LogP contribution < -0.4 is 0 Å². The van der Waals surface area contributed by atoms with E-state index in [1.165, 1.54) is 36.3 Å². The molecule has 0 N–H and O–H groups in total. The molecule has 0 aliphatic carbocycles. The lowest BCUT2D eigenvalue weighted by molar-refractivity contribution is 0.466. The smallest absolute Gasteiger partial charge is 0.0726 e. The van der Waals surface area contributed by atoms with Gasteiger partial charge in [0.25, 0.3) is 0 Å². The zero-order chi connectivity index (χ0) is 11.2. The molecule has 14 heavy (non-hydrogen) atoms. The number of hydrogen-bond donors (Lipinski definition) is 0. The van der Waals surface area contributed by atoms with Gasteiger partial charge in [-0.2, -0.15) is 0 Å². The van der Waals surface area contributed by atoms with Gasteiger partial charge in [0.1, 0.15) is 0 Å². The average Bonchev–Trinajstić information content (AvgIpc) is 2.02. The minimum absolute atomic E-state index is 1.07. The fraction of sp³-hybridized carbons (Fsp3) is 0.833. The molecule has 0 aromatic heterocycles. The highest BCUT2D eigenvalue weighted by Gasteiger charge is 2.30. The van der Waals surface area contributed by atoms with Crippen LogP contribution in [0.5, 0.6) is 0 Å². The Morgan fingerprint density at radius 3 is 2.14 bits per heavy atom. The summed E-state index contributed by atoms with van der Waals surface area (Å²) in [7, 11) is 3.33. The predicted octanol–water partition coefficient (Wildman–Crippen LogP) is 3.54. The maximum absolute atomic E-state index is 4.09. The third kappa shape index (κ3) is 4.96. The first-order valence-corrected chi connectivity index (χ1v) is 8.57. The van der Waals surface area contributed by atoms with Crippen molar-refractivity contribution < 1.29 is 0 Å². The Kier molecular flexibility index (Phi) is 6.37. The van der Waals surface area contributed by atoms with E-state index < -0.39 is 8.07 Å². The molecule has 0 radical (unpaired) electrons. The van der Waals surface area contributed by atoms with E-state index in [0.29, 0.717) is 0 Å². The van der Waals surface area contributed by atoms with Gasteiger partial charge in [-0.05, 0) is 33.2 Å². The fourth-order valence-electron chi connectivity index (χ4n) is 2.48. The summed E-state index contributed by atoms with van der Waals surface area (Å²) in [5.74, 6) is 0. The van der Waals surface area contributed by atoms with E-state index in [-0.39, 0.29) is 0 Å². The molecule has 0 aromatic rings. The fourth-order valence-corrected chi connectivity index (χ4v) is 7.43. The Morgan fingerprint density at radius 2 is 1.86 bits per heavy atom. The van der Waals surface area contributed by atoms with Crippen molar-refractivity contribution in [3.63, 3.8) is 0 Å². The lowest BCUT2D eigenvalue weighted by Crippen LogP contribution is -2.44. The molecule has 0 aliphatic rings. The molecule has 1 atom stereocenters. The van der Waals surface area contributed by atoms with E-state index in [1.807, 2.05) is 0 Å². The molecule has 0 saturated carbocycles. The van der Waals surface area contributed by atoms with Crippen molar-refractivity contribution in [1.82, 2.24) is 4.90 Å². The zero-order valence-electron chi connectivity index (χ0n) is 10.7. The van der Waals surface area contributed by atoms with E-state index in [0.717, 1.165) is 0 Å². The first-order chi connectivity index (χ1) is 6.45. The Bertz CT molecular complexity index is 177. The first-order valence-electron chi connectivity index (χ1n) is 5.75. The topological polar surface area (TPSA) is 3.24 Å². The lowest BCUT2D eigenvalue weighted by atomic mass is 10.4. The molecule has 84 valence electrons. The Morgan fingerprint density at radius 1 is 1.29 bits per heavy atom. The average molecular weight is 213 g/mol. The van der Waals surface area contributed by atoms with Crippen molar-refractivity contribution in [2.45, 2.75) is 45.3 Å². The molecule has 0 saturated heterocycles. The van der Waals surface area contributed by atoms with Crippen LogP contribution in [0.15, 0.2) is 12.2 Å². The molecule has 2 heteroatoms. The minimum atomic E-state index is -1.07. The Hall–Kier alpha value is -0.0831. The molecule has 1 unspecified atom stereocenters. The maximum Gasteiger partial charge on any atom is 0.0726 e. The van der Waals surface area contributed by atoms with Crippen LogP contribution in [0, 0.1) is 0 Å². The van der Waals surface area contributed by atoms with E-state index >= 15 is 0 Å². The SMILES string of the molecule is C=C(C)C[Si](CC)(CCC)CN(C)C. The van der Waals surface area contributed by atoms with Crippen molar-refractivity contribution in [2.75, 3.05) is 20.3 Å². The molecule has 0 fully saturated rings. The quantitative estimate of drug-likeness (QED) is 0.462. The van der Waals surface area contributed by atoms with Crippen molar-refractivity contribution in [3.05, 3.63) is 12.2 Å². The third-order valence-corrected chi connectivity index (χ3v) is 8.58. The standard InChI is InChI=1S/C12H27NSi/c1-7-9-14(8-2,10-12(3)4)11-13(5)6/h3,7-11H2,1-2,4-6H3. The summed E-state index contributed by atoms with van der Waals surface area (Å²) < 4.78 is 0. The summed E-state index contributed by atoms with van der Waals surface area (Å²) >= 11 is 0. The van der Waals surface area contributed by atoms with Crippen LogP contribution in [0.3, 0.4) is 0 Å². The molecule has 1 nitrogen and oxygen atoms in total. The highest BCUT2D eigenvalue weighted by molar-refractivity contribution is 6.80. The van der Waals surface area contributed by atoms with Gasteiger partial charge in [-0.3, -0.25) is 0 Å². The molecule has 0 bridgehead atoms. The van der Waals surface area contributed by atoms with Crippen LogP contribution in [0.4, 0.5) is 0 Å². The summed E-state index contributed by atoms with van der Waals surface area (Å²) in [6, 6.07) is 4.16. The number of nitrogens with zero attached hydrogens (tertiary/aromatic N) is 1. The van der Waals surface area contributed by atoms with E-state index in [2.05, 4.69) is 46.3 Å². The molecular weight excluding hydrogens is 186 g/mol.